The van der Waals surface area contributed by atoms with Crippen molar-refractivity contribution in [3.63, 3.8) is 0 Å². The van der Waals surface area contributed by atoms with Crippen LogP contribution in [-0.4, -0.2) is 25.2 Å². The Morgan fingerprint density at radius 2 is 2.05 bits per heavy atom. The number of alkyl halides is 2. The van der Waals surface area contributed by atoms with Crippen molar-refractivity contribution in [1.29, 1.82) is 0 Å². The minimum absolute atomic E-state index is 0.116. The van der Waals surface area contributed by atoms with Gasteiger partial charge in [0, 0.05) is 6.04 Å². The summed E-state index contributed by atoms with van der Waals surface area (Å²) >= 11 is 1.82. The zero-order valence-electron chi connectivity index (χ0n) is 11.5. The van der Waals surface area contributed by atoms with Crippen LogP contribution in [0.25, 0.3) is 0 Å². The maximum absolute atomic E-state index is 12.2. The molecule has 0 spiro atoms. The number of benzene rings is 1. The molecule has 0 heterocycles. The Hall–Kier alpha value is -0.810. The second-order valence-corrected chi connectivity index (χ2v) is 5.55. The van der Waals surface area contributed by atoms with Crippen molar-refractivity contribution in [1.82, 2.24) is 5.32 Å². The summed E-state index contributed by atoms with van der Waals surface area (Å²) in [6, 6.07) is 6.96. The summed E-state index contributed by atoms with van der Waals surface area (Å²) < 4.78 is 28.7. The fourth-order valence-corrected chi connectivity index (χ4v) is 2.49. The molecule has 1 rings (SSSR count). The first-order valence-corrected chi connectivity index (χ1v) is 7.69. The molecule has 1 N–H and O–H groups in total. The molecule has 19 heavy (non-hydrogen) atoms. The monoisotopic (exact) mass is 289 g/mol. The number of thioether (sulfide) groups is 1. The molecule has 0 aliphatic rings. The van der Waals surface area contributed by atoms with Crippen LogP contribution in [0.15, 0.2) is 24.3 Å². The van der Waals surface area contributed by atoms with E-state index >= 15 is 0 Å². The molecule has 0 amide bonds. The Bertz CT molecular complexity index is 376. The van der Waals surface area contributed by atoms with Gasteiger partial charge in [-0.1, -0.05) is 19.1 Å². The summed E-state index contributed by atoms with van der Waals surface area (Å²) in [6.45, 7) is 2.34. The molecule has 0 aliphatic carbocycles. The lowest BCUT2D eigenvalue weighted by Gasteiger charge is -2.18. The lowest BCUT2D eigenvalue weighted by molar-refractivity contribution is -0.0499. The Kier molecular flexibility index (Phi) is 7.16. The average Bonchev–Trinajstić information content (AvgIpc) is 2.36. The predicted octanol–water partition coefficient (Wildman–Crippen LogP) is 3.94. The van der Waals surface area contributed by atoms with Gasteiger partial charge in [0.05, 0.1) is 0 Å². The molecule has 0 aromatic heterocycles. The first kappa shape index (κ1) is 16.2. The zero-order chi connectivity index (χ0) is 14.3. The summed E-state index contributed by atoms with van der Waals surface area (Å²) in [5, 5.41) is 3.41. The van der Waals surface area contributed by atoms with Gasteiger partial charge in [0.15, 0.2) is 0 Å². The summed E-state index contributed by atoms with van der Waals surface area (Å²) in [5.74, 6) is 1.89. The van der Waals surface area contributed by atoms with Crippen LogP contribution in [0.4, 0.5) is 8.78 Å². The zero-order valence-corrected chi connectivity index (χ0v) is 12.3. The largest absolute Gasteiger partial charge is 0.435 e. The van der Waals surface area contributed by atoms with Crippen LogP contribution in [0.2, 0.25) is 0 Å². The number of nitrogens with one attached hydrogen (secondary N) is 1. The van der Waals surface area contributed by atoms with Crippen molar-refractivity contribution >= 4 is 11.8 Å². The molecule has 5 heteroatoms. The van der Waals surface area contributed by atoms with E-state index in [1.807, 2.05) is 24.8 Å². The standard InChI is InChI=1S/C14H21F2NOS/c1-10(9-19-3)8-17-11(2)12-5-4-6-13(7-12)18-14(15)16/h4-7,10-11,14,17H,8-9H2,1-3H3. The Morgan fingerprint density at radius 1 is 1.32 bits per heavy atom. The summed E-state index contributed by atoms with van der Waals surface area (Å²) in [4.78, 5) is 0. The highest BCUT2D eigenvalue weighted by Crippen LogP contribution is 2.20. The van der Waals surface area contributed by atoms with E-state index in [1.165, 1.54) is 0 Å². The lowest BCUT2D eigenvalue weighted by Crippen LogP contribution is -2.25. The quantitative estimate of drug-likeness (QED) is 0.783. The molecule has 0 aliphatic heterocycles. The van der Waals surface area contributed by atoms with Gasteiger partial charge in [-0.15, -0.1) is 0 Å². The number of hydrogen-bond donors (Lipinski definition) is 1. The van der Waals surface area contributed by atoms with Gasteiger partial charge in [0.25, 0.3) is 0 Å². The molecule has 1 aromatic carbocycles. The third-order valence-corrected chi connectivity index (χ3v) is 3.71. The summed E-state index contributed by atoms with van der Waals surface area (Å²) in [6.07, 6.45) is 2.09. The fraction of sp³-hybridized carbons (Fsp3) is 0.571. The van der Waals surface area contributed by atoms with Crippen molar-refractivity contribution in [3.05, 3.63) is 29.8 Å². The van der Waals surface area contributed by atoms with Gasteiger partial charge in [0.2, 0.25) is 0 Å². The SMILES string of the molecule is CSCC(C)CNC(C)c1cccc(OC(F)F)c1. The van der Waals surface area contributed by atoms with Crippen LogP contribution in [0.1, 0.15) is 25.5 Å². The van der Waals surface area contributed by atoms with Crippen molar-refractivity contribution in [3.8, 4) is 5.75 Å². The molecule has 2 atom stereocenters. The summed E-state index contributed by atoms with van der Waals surface area (Å²) in [7, 11) is 0. The number of hydrogen-bond acceptors (Lipinski definition) is 3. The van der Waals surface area contributed by atoms with E-state index in [2.05, 4.69) is 23.2 Å². The molecule has 108 valence electrons. The first-order chi connectivity index (χ1) is 9.02. The Labute approximate surface area is 117 Å². The smallest absolute Gasteiger partial charge is 0.387 e. The molecule has 0 fully saturated rings. The van der Waals surface area contributed by atoms with Gasteiger partial charge in [-0.3, -0.25) is 0 Å². The van der Waals surface area contributed by atoms with Crippen LogP contribution in [0.3, 0.4) is 0 Å². The van der Waals surface area contributed by atoms with Crippen LogP contribution in [0.5, 0.6) is 5.75 Å². The van der Waals surface area contributed by atoms with Gasteiger partial charge in [-0.05, 0) is 49.1 Å². The van der Waals surface area contributed by atoms with Crippen LogP contribution in [-0.2, 0) is 0 Å². The first-order valence-electron chi connectivity index (χ1n) is 6.30. The molecule has 0 saturated carbocycles. The number of halogens is 2. The van der Waals surface area contributed by atoms with Gasteiger partial charge >= 0.3 is 6.61 Å². The predicted molar refractivity (Wildman–Crippen MR) is 77.0 cm³/mol. The maximum atomic E-state index is 12.2. The van der Waals surface area contributed by atoms with E-state index in [9.17, 15) is 8.78 Å². The summed E-state index contributed by atoms with van der Waals surface area (Å²) in [5.41, 5.74) is 0.953. The Morgan fingerprint density at radius 3 is 2.68 bits per heavy atom. The van der Waals surface area contributed by atoms with Gasteiger partial charge < -0.3 is 10.1 Å². The van der Waals surface area contributed by atoms with Crippen molar-refractivity contribution < 1.29 is 13.5 Å². The third kappa shape index (κ3) is 6.25. The molecule has 2 nitrogen and oxygen atoms in total. The molecule has 0 saturated heterocycles. The van der Waals surface area contributed by atoms with Crippen molar-refractivity contribution in [2.45, 2.75) is 26.5 Å². The van der Waals surface area contributed by atoms with E-state index in [-0.39, 0.29) is 11.8 Å². The van der Waals surface area contributed by atoms with Gasteiger partial charge in [-0.25, -0.2) is 0 Å². The highest BCUT2D eigenvalue weighted by atomic mass is 32.2. The van der Waals surface area contributed by atoms with Crippen LogP contribution < -0.4 is 10.1 Å². The highest BCUT2D eigenvalue weighted by Gasteiger charge is 2.10. The van der Waals surface area contributed by atoms with Crippen molar-refractivity contribution in [2.75, 3.05) is 18.6 Å². The van der Waals surface area contributed by atoms with E-state index in [0.29, 0.717) is 5.92 Å². The van der Waals surface area contributed by atoms with Gasteiger partial charge in [-0.2, -0.15) is 20.5 Å². The molecular formula is C14H21F2NOS. The molecule has 2 unspecified atom stereocenters. The van der Waals surface area contributed by atoms with E-state index < -0.39 is 6.61 Å². The molecular weight excluding hydrogens is 268 g/mol. The average molecular weight is 289 g/mol. The third-order valence-electron chi connectivity index (χ3n) is 2.81. The fourth-order valence-electron chi connectivity index (χ4n) is 1.80. The second-order valence-electron chi connectivity index (χ2n) is 4.64. The minimum Gasteiger partial charge on any atom is -0.435 e. The Balaban J connectivity index is 2.54. The highest BCUT2D eigenvalue weighted by molar-refractivity contribution is 7.98. The number of rotatable bonds is 8. The molecule has 0 bridgehead atoms. The minimum atomic E-state index is -2.78. The van der Waals surface area contributed by atoms with Crippen molar-refractivity contribution in [2.24, 2.45) is 5.92 Å². The topological polar surface area (TPSA) is 21.3 Å². The van der Waals surface area contributed by atoms with Gasteiger partial charge in [0.1, 0.15) is 5.75 Å². The van der Waals surface area contributed by atoms with E-state index in [0.717, 1.165) is 17.9 Å². The van der Waals surface area contributed by atoms with E-state index in [1.54, 1.807) is 18.2 Å². The van der Waals surface area contributed by atoms with Crippen LogP contribution in [0, 0.1) is 5.92 Å². The maximum Gasteiger partial charge on any atom is 0.387 e. The normalized spacial score (nSPS) is 14.4. The van der Waals surface area contributed by atoms with Crippen LogP contribution >= 0.6 is 11.8 Å². The van der Waals surface area contributed by atoms with E-state index in [4.69, 9.17) is 0 Å². The number of ether oxygens (including phenoxy) is 1. The second kappa shape index (κ2) is 8.38. The molecule has 0 radical (unpaired) electrons. The lowest BCUT2D eigenvalue weighted by atomic mass is 10.1. The molecule has 1 aromatic rings.